The predicted molar refractivity (Wildman–Crippen MR) is 82.7 cm³/mol. The van der Waals surface area contributed by atoms with Crippen LogP contribution in [0.5, 0.6) is 17.2 Å². The number of carbonyl (C=O) groups is 2. The van der Waals surface area contributed by atoms with Crippen molar-refractivity contribution in [3.63, 3.8) is 0 Å². The van der Waals surface area contributed by atoms with E-state index < -0.39 is 43.0 Å². The lowest BCUT2D eigenvalue weighted by Crippen LogP contribution is -2.34. The number of carboxylic acid groups (broad SMARTS) is 1. The molecule has 1 N–H and O–H groups in total. The van der Waals surface area contributed by atoms with Gasteiger partial charge in [-0.15, -0.1) is 0 Å². The van der Waals surface area contributed by atoms with Gasteiger partial charge in [-0.3, -0.25) is 9.59 Å². The molecule has 1 amide bonds. The number of alkyl halides is 3. The first-order chi connectivity index (χ1) is 12.1. The van der Waals surface area contributed by atoms with E-state index in [4.69, 9.17) is 19.3 Å². The van der Waals surface area contributed by atoms with Crippen molar-refractivity contribution in [3.05, 3.63) is 17.7 Å². The van der Waals surface area contributed by atoms with Crippen LogP contribution in [0.3, 0.4) is 0 Å². The Morgan fingerprint density at radius 1 is 1.08 bits per heavy atom. The molecule has 1 aromatic rings. The first kappa shape index (κ1) is 19.7. The zero-order valence-corrected chi connectivity index (χ0v) is 14.3. The summed E-state index contributed by atoms with van der Waals surface area (Å²) in [6.45, 7) is -1.29. The number of likely N-dealkylation sites (tertiary alicyclic amines) is 1. The first-order valence-corrected chi connectivity index (χ1v) is 7.53. The van der Waals surface area contributed by atoms with Crippen LogP contribution in [0.2, 0.25) is 0 Å². The van der Waals surface area contributed by atoms with E-state index in [2.05, 4.69) is 0 Å². The summed E-state index contributed by atoms with van der Waals surface area (Å²) in [5, 5.41) is 9.07. The smallest absolute Gasteiger partial charge is 0.394 e. The summed E-state index contributed by atoms with van der Waals surface area (Å²) in [6.07, 6.45) is -4.72. The lowest BCUT2D eigenvalue weighted by atomic mass is 9.96. The second-order valence-electron chi connectivity index (χ2n) is 5.68. The van der Waals surface area contributed by atoms with E-state index >= 15 is 0 Å². The van der Waals surface area contributed by atoms with E-state index in [1.807, 2.05) is 0 Å². The van der Waals surface area contributed by atoms with Gasteiger partial charge in [-0.05, 0) is 12.1 Å². The third-order valence-electron chi connectivity index (χ3n) is 4.28. The highest BCUT2D eigenvalue weighted by Crippen LogP contribution is 2.42. The molecule has 0 unspecified atom stereocenters. The van der Waals surface area contributed by atoms with Crippen molar-refractivity contribution >= 4 is 11.9 Å². The van der Waals surface area contributed by atoms with E-state index in [1.165, 1.54) is 33.5 Å². The Kier molecular flexibility index (Phi) is 5.53. The van der Waals surface area contributed by atoms with Crippen LogP contribution in [-0.4, -0.2) is 62.5 Å². The van der Waals surface area contributed by atoms with Gasteiger partial charge in [0.1, 0.15) is 0 Å². The van der Waals surface area contributed by atoms with Crippen molar-refractivity contribution in [2.75, 3.05) is 34.4 Å². The van der Waals surface area contributed by atoms with Crippen molar-refractivity contribution in [1.29, 1.82) is 0 Å². The number of carboxylic acids is 1. The average Bonchev–Trinajstić information content (AvgIpc) is 3.05. The quantitative estimate of drug-likeness (QED) is 0.845. The molecule has 10 heteroatoms. The minimum absolute atomic E-state index is 0.000756. The topological polar surface area (TPSA) is 85.3 Å². The van der Waals surface area contributed by atoms with E-state index in [-0.39, 0.29) is 22.8 Å². The highest BCUT2D eigenvalue weighted by Gasteiger charge is 2.53. The summed E-state index contributed by atoms with van der Waals surface area (Å²) < 4.78 is 54.7. The molecule has 1 heterocycles. The highest BCUT2D eigenvalue weighted by atomic mass is 19.4. The molecule has 1 aliphatic heterocycles. The molecule has 0 spiro atoms. The van der Waals surface area contributed by atoms with Crippen molar-refractivity contribution in [2.45, 2.75) is 6.18 Å². The van der Waals surface area contributed by atoms with Gasteiger partial charge in [0.2, 0.25) is 5.75 Å². The van der Waals surface area contributed by atoms with Crippen LogP contribution in [0.25, 0.3) is 0 Å². The monoisotopic (exact) mass is 377 g/mol. The molecule has 0 saturated carbocycles. The minimum atomic E-state index is -4.72. The van der Waals surface area contributed by atoms with Crippen molar-refractivity contribution in [2.24, 2.45) is 11.8 Å². The largest absolute Gasteiger partial charge is 0.493 e. The molecule has 144 valence electrons. The fourth-order valence-corrected chi connectivity index (χ4v) is 2.99. The molecular formula is C16H18F3NO6. The van der Waals surface area contributed by atoms with E-state index in [0.29, 0.717) is 0 Å². The second-order valence-corrected chi connectivity index (χ2v) is 5.68. The zero-order chi connectivity index (χ0) is 19.6. The Labute approximate surface area is 147 Å². The third kappa shape index (κ3) is 3.49. The molecule has 1 saturated heterocycles. The molecule has 0 radical (unpaired) electrons. The van der Waals surface area contributed by atoms with Crippen molar-refractivity contribution < 1.29 is 42.1 Å². The SMILES string of the molecule is COc1ccc(C(=O)N2C[C@@H](C(F)(F)F)[C@H](C(=O)O)C2)c(OC)c1OC. The predicted octanol–water partition coefficient (Wildman–Crippen LogP) is 2.05. The molecular weight excluding hydrogens is 359 g/mol. The van der Waals surface area contributed by atoms with Gasteiger partial charge in [-0.25, -0.2) is 0 Å². The second kappa shape index (κ2) is 7.30. The van der Waals surface area contributed by atoms with Crippen LogP contribution in [0, 0.1) is 11.8 Å². The number of halogens is 3. The van der Waals surface area contributed by atoms with Gasteiger partial charge in [-0.2, -0.15) is 13.2 Å². The number of nitrogens with zero attached hydrogens (tertiary/aromatic N) is 1. The van der Waals surface area contributed by atoms with Crippen LogP contribution in [0.15, 0.2) is 12.1 Å². The number of aliphatic carboxylic acids is 1. The molecule has 2 atom stereocenters. The van der Waals surface area contributed by atoms with E-state index in [9.17, 15) is 22.8 Å². The summed E-state index contributed by atoms with van der Waals surface area (Å²) in [4.78, 5) is 24.8. The number of methoxy groups -OCH3 is 3. The number of hydrogen-bond acceptors (Lipinski definition) is 5. The van der Waals surface area contributed by atoms with Crippen LogP contribution in [0.1, 0.15) is 10.4 Å². The number of amides is 1. The normalized spacial score (nSPS) is 20.0. The molecule has 7 nitrogen and oxygen atoms in total. The van der Waals surface area contributed by atoms with Gasteiger partial charge in [0.25, 0.3) is 5.91 Å². The molecule has 2 rings (SSSR count). The highest BCUT2D eigenvalue weighted by molar-refractivity contribution is 5.98. The Bertz CT molecular complexity index is 706. The number of carbonyl (C=O) groups excluding carboxylic acids is 1. The molecule has 0 bridgehead atoms. The van der Waals surface area contributed by atoms with Crippen molar-refractivity contribution in [3.8, 4) is 17.2 Å². The Hall–Kier alpha value is -2.65. The molecule has 0 aromatic heterocycles. The molecule has 1 aromatic carbocycles. The number of rotatable bonds is 5. The maximum absolute atomic E-state index is 13.1. The molecule has 0 aliphatic carbocycles. The maximum atomic E-state index is 13.1. The van der Waals surface area contributed by atoms with Crippen LogP contribution in [0.4, 0.5) is 13.2 Å². The lowest BCUT2D eigenvalue weighted by Gasteiger charge is -2.20. The third-order valence-corrected chi connectivity index (χ3v) is 4.28. The Morgan fingerprint density at radius 2 is 1.69 bits per heavy atom. The zero-order valence-electron chi connectivity index (χ0n) is 14.3. The minimum Gasteiger partial charge on any atom is -0.493 e. The van der Waals surface area contributed by atoms with Gasteiger partial charge in [-0.1, -0.05) is 0 Å². The maximum Gasteiger partial charge on any atom is 0.394 e. The summed E-state index contributed by atoms with van der Waals surface area (Å²) in [5.41, 5.74) is -0.0443. The Balaban J connectivity index is 2.39. The molecule has 26 heavy (non-hydrogen) atoms. The van der Waals surface area contributed by atoms with Crippen LogP contribution in [-0.2, 0) is 4.79 Å². The first-order valence-electron chi connectivity index (χ1n) is 7.53. The summed E-state index contributed by atoms with van der Waals surface area (Å²) in [7, 11) is 3.98. The number of hydrogen-bond donors (Lipinski definition) is 1. The standard InChI is InChI=1S/C16H18F3NO6/c1-24-11-5-4-8(12(25-2)13(11)26-3)14(21)20-6-9(15(22)23)10(7-20)16(17,18)19/h4-5,9-10H,6-7H2,1-3H3,(H,22,23)/t9-,10-/m1/s1. The Morgan fingerprint density at radius 3 is 2.12 bits per heavy atom. The van der Waals surface area contributed by atoms with Crippen LogP contribution < -0.4 is 14.2 Å². The lowest BCUT2D eigenvalue weighted by molar-refractivity contribution is -0.187. The number of benzene rings is 1. The summed E-state index contributed by atoms with van der Waals surface area (Å²) in [6, 6.07) is 2.75. The summed E-state index contributed by atoms with van der Waals surface area (Å²) >= 11 is 0. The average molecular weight is 377 g/mol. The fraction of sp³-hybridized carbons (Fsp3) is 0.500. The molecule has 1 fully saturated rings. The fourth-order valence-electron chi connectivity index (χ4n) is 2.99. The van der Waals surface area contributed by atoms with Crippen LogP contribution >= 0.6 is 0 Å². The van der Waals surface area contributed by atoms with Gasteiger partial charge < -0.3 is 24.2 Å². The van der Waals surface area contributed by atoms with Gasteiger partial charge in [0.05, 0.1) is 38.7 Å². The van der Waals surface area contributed by atoms with Gasteiger partial charge in [0, 0.05) is 13.1 Å². The summed E-state index contributed by atoms with van der Waals surface area (Å²) in [5.74, 6) is -5.83. The van der Waals surface area contributed by atoms with Crippen molar-refractivity contribution in [1.82, 2.24) is 4.90 Å². The molecule has 1 aliphatic rings. The van der Waals surface area contributed by atoms with E-state index in [1.54, 1.807) is 0 Å². The van der Waals surface area contributed by atoms with Gasteiger partial charge in [0.15, 0.2) is 11.5 Å². The van der Waals surface area contributed by atoms with E-state index in [0.717, 1.165) is 4.90 Å². The van der Waals surface area contributed by atoms with Gasteiger partial charge >= 0.3 is 12.1 Å². The number of ether oxygens (including phenoxy) is 3.